The fourth-order valence-corrected chi connectivity index (χ4v) is 2.30. The Labute approximate surface area is 126 Å². The number of halogens is 2. The van der Waals surface area contributed by atoms with E-state index in [2.05, 4.69) is 38.1 Å². The standard InChI is InChI=1S/C15H17BrFN3/c1-3-5-11-9-14(18-4-2)20-15(19-11)10-6-7-13(17)12(16)8-10/h6-9H,3-5H2,1-2H3,(H,18,19,20). The Morgan fingerprint density at radius 3 is 2.65 bits per heavy atom. The number of benzene rings is 1. The van der Waals surface area contributed by atoms with Crippen molar-refractivity contribution in [3.05, 3.63) is 40.2 Å². The fourth-order valence-electron chi connectivity index (χ4n) is 1.92. The van der Waals surface area contributed by atoms with Crippen LogP contribution in [0, 0.1) is 5.82 Å². The summed E-state index contributed by atoms with van der Waals surface area (Å²) in [6, 6.07) is 6.79. The molecule has 0 aliphatic carbocycles. The summed E-state index contributed by atoms with van der Waals surface area (Å²) in [4.78, 5) is 9.03. The number of aromatic nitrogens is 2. The van der Waals surface area contributed by atoms with E-state index in [1.165, 1.54) is 6.07 Å². The van der Waals surface area contributed by atoms with Crippen LogP contribution < -0.4 is 5.32 Å². The molecule has 2 rings (SSSR count). The van der Waals surface area contributed by atoms with Gasteiger partial charge in [-0.25, -0.2) is 14.4 Å². The zero-order valence-electron chi connectivity index (χ0n) is 11.6. The molecule has 0 unspecified atom stereocenters. The summed E-state index contributed by atoms with van der Waals surface area (Å²) in [5, 5.41) is 3.21. The molecule has 20 heavy (non-hydrogen) atoms. The minimum Gasteiger partial charge on any atom is -0.370 e. The van der Waals surface area contributed by atoms with Crippen LogP contribution >= 0.6 is 15.9 Å². The maximum atomic E-state index is 13.3. The van der Waals surface area contributed by atoms with E-state index in [9.17, 15) is 4.39 Å². The average molecular weight is 338 g/mol. The van der Waals surface area contributed by atoms with Gasteiger partial charge in [-0.3, -0.25) is 0 Å². The van der Waals surface area contributed by atoms with E-state index in [1.54, 1.807) is 12.1 Å². The van der Waals surface area contributed by atoms with Gasteiger partial charge in [-0.1, -0.05) is 13.3 Å². The molecule has 0 radical (unpaired) electrons. The van der Waals surface area contributed by atoms with E-state index in [1.807, 2.05) is 13.0 Å². The summed E-state index contributed by atoms with van der Waals surface area (Å²) < 4.78 is 13.7. The highest BCUT2D eigenvalue weighted by Gasteiger charge is 2.08. The van der Waals surface area contributed by atoms with Crippen molar-refractivity contribution in [2.24, 2.45) is 0 Å². The highest BCUT2D eigenvalue weighted by atomic mass is 79.9. The number of aryl methyl sites for hydroxylation is 1. The largest absolute Gasteiger partial charge is 0.370 e. The zero-order chi connectivity index (χ0) is 14.5. The van der Waals surface area contributed by atoms with Crippen molar-refractivity contribution < 1.29 is 4.39 Å². The van der Waals surface area contributed by atoms with Gasteiger partial charge in [0.25, 0.3) is 0 Å². The Kier molecular flexibility index (Phi) is 5.06. The third-order valence-electron chi connectivity index (χ3n) is 2.82. The number of nitrogens with one attached hydrogen (secondary N) is 1. The SMILES string of the molecule is CCCc1cc(NCC)nc(-c2ccc(F)c(Br)c2)n1. The van der Waals surface area contributed by atoms with E-state index >= 15 is 0 Å². The van der Waals surface area contributed by atoms with Gasteiger partial charge in [-0.05, 0) is 47.5 Å². The van der Waals surface area contributed by atoms with Gasteiger partial charge >= 0.3 is 0 Å². The molecule has 3 nitrogen and oxygen atoms in total. The van der Waals surface area contributed by atoms with Crippen molar-refractivity contribution in [3.8, 4) is 11.4 Å². The second kappa shape index (κ2) is 6.79. The Balaban J connectivity index is 2.45. The summed E-state index contributed by atoms with van der Waals surface area (Å²) in [7, 11) is 0. The van der Waals surface area contributed by atoms with Gasteiger partial charge in [0.1, 0.15) is 11.6 Å². The maximum Gasteiger partial charge on any atom is 0.161 e. The minimum absolute atomic E-state index is 0.287. The van der Waals surface area contributed by atoms with Gasteiger partial charge in [0, 0.05) is 23.9 Å². The van der Waals surface area contributed by atoms with Crippen molar-refractivity contribution in [2.75, 3.05) is 11.9 Å². The molecule has 0 bridgehead atoms. The summed E-state index contributed by atoms with van der Waals surface area (Å²) in [6.45, 7) is 4.94. The quantitative estimate of drug-likeness (QED) is 0.876. The van der Waals surface area contributed by atoms with Crippen molar-refractivity contribution in [1.82, 2.24) is 9.97 Å². The first-order chi connectivity index (χ1) is 9.63. The molecule has 1 aromatic carbocycles. The van der Waals surface area contributed by atoms with E-state index in [4.69, 9.17) is 0 Å². The minimum atomic E-state index is -0.287. The van der Waals surface area contributed by atoms with Crippen LogP contribution in [0.5, 0.6) is 0 Å². The lowest BCUT2D eigenvalue weighted by atomic mass is 10.2. The summed E-state index contributed by atoms with van der Waals surface area (Å²) >= 11 is 3.20. The van der Waals surface area contributed by atoms with Crippen LogP contribution in [0.2, 0.25) is 0 Å². The molecule has 0 spiro atoms. The molecule has 1 aromatic heterocycles. The normalized spacial score (nSPS) is 10.6. The lowest BCUT2D eigenvalue weighted by Crippen LogP contribution is -2.04. The van der Waals surface area contributed by atoms with Crippen molar-refractivity contribution in [3.63, 3.8) is 0 Å². The number of anilines is 1. The van der Waals surface area contributed by atoms with Crippen LogP contribution in [-0.2, 0) is 6.42 Å². The van der Waals surface area contributed by atoms with E-state index in [0.29, 0.717) is 10.3 Å². The van der Waals surface area contributed by atoms with E-state index in [-0.39, 0.29) is 5.82 Å². The average Bonchev–Trinajstić information content (AvgIpc) is 2.42. The molecule has 0 saturated heterocycles. The second-order valence-corrected chi connectivity index (χ2v) is 5.33. The maximum absolute atomic E-state index is 13.3. The highest BCUT2D eigenvalue weighted by molar-refractivity contribution is 9.10. The Bertz CT molecular complexity index is 577. The smallest absolute Gasteiger partial charge is 0.161 e. The third-order valence-corrected chi connectivity index (χ3v) is 3.43. The third kappa shape index (κ3) is 3.54. The van der Waals surface area contributed by atoms with Gasteiger partial charge in [0.15, 0.2) is 5.82 Å². The van der Waals surface area contributed by atoms with Crippen LogP contribution in [0.25, 0.3) is 11.4 Å². The second-order valence-electron chi connectivity index (χ2n) is 4.48. The first-order valence-corrected chi connectivity index (χ1v) is 7.50. The topological polar surface area (TPSA) is 37.8 Å². The van der Waals surface area contributed by atoms with Crippen molar-refractivity contribution in [2.45, 2.75) is 26.7 Å². The zero-order valence-corrected chi connectivity index (χ0v) is 13.2. The monoisotopic (exact) mass is 337 g/mol. The molecule has 0 atom stereocenters. The van der Waals surface area contributed by atoms with E-state index < -0.39 is 0 Å². The highest BCUT2D eigenvalue weighted by Crippen LogP contribution is 2.24. The molecule has 0 fully saturated rings. The van der Waals surface area contributed by atoms with Gasteiger partial charge in [-0.2, -0.15) is 0 Å². The van der Waals surface area contributed by atoms with Crippen LogP contribution in [-0.4, -0.2) is 16.5 Å². The number of rotatable bonds is 5. The number of nitrogens with zero attached hydrogens (tertiary/aromatic N) is 2. The van der Waals surface area contributed by atoms with Gasteiger partial charge in [0.05, 0.1) is 4.47 Å². The predicted molar refractivity (Wildman–Crippen MR) is 83.3 cm³/mol. The predicted octanol–water partition coefficient (Wildman–Crippen LogP) is 4.43. The molecular weight excluding hydrogens is 321 g/mol. The molecule has 0 aliphatic heterocycles. The molecule has 1 N–H and O–H groups in total. The molecular formula is C15H17BrFN3. The summed E-state index contributed by atoms with van der Waals surface area (Å²) in [6.07, 6.45) is 1.92. The molecule has 106 valence electrons. The molecule has 5 heteroatoms. The Morgan fingerprint density at radius 1 is 1.20 bits per heavy atom. The van der Waals surface area contributed by atoms with Crippen molar-refractivity contribution >= 4 is 21.7 Å². The van der Waals surface area contributed by atoms with Crippen molar-refractivity contribution in [1.29, 1.82) is 0 Å². The van der Waals surface area contributed by atoms with Crippen LogP contribution in [0.4, 0.5) is 10.2 Å². The lowest BCUT2D eigenvalue weighted by Gasteiger charge is -2.09. The molecule has 0 amide bonds. The van der Waals surface area contributed by atoms with E-state index in [0.717, 1.165) is 36.5 Å². The van der Waals surface area contributed by atoms with Gasteiger partial charge in [-0.15, -0.1) is 0 Å². The molecule has 2 aromatic rings. The van der Waals surface area contributed by atoms with Gasteiger partial charge in [0.2, 0.25) is 0 Å². The number of hydrogen-bond donors (Lipinski definition) is 1. The van der Waals surface area contributed by atoms with Gasteiger partial charge < -0.3 is 5.32 Å². The van der Waals surface area contributed by atoms with Crippen LogP contribution in [0.15, 0.2) is 28.7 Å². The first kappa shape index (κ1) is 14.9. The molecule has 0 saturated carbocycles. The molecule has 0 aliphatic rings. The Hall–Kier alpha value is -1.49. The lowest BCUT2D eigenvalue weighted by molar-refractivity contribution is 0.621. The molecule has 1 heterocycles. The number of hydrogen-bond acceptors (Lipinski definition) is 3. The summed E-state index contributed by atoms with van der Waals surface area (Å²) in [5.41, 5.74) is 1.80. The Morgan fingerprint density at radius 2 is 2.00 bits per heavy atom. The fraction of sp³-hybridized carbons (Fsp3) is 0.333. The summed E-state index contributed by atoms with van der Waals surface area (Å²) in [5.74, 6) is 1.14. The first-order valence-electron chi connectivity index (χ1n) is 6.71. The van der Waals surface area contributed by atoms with Crippen LogP contribution in [0.3, 0.4) is 0 Å². The van der Waals surface area contributed by atoms with Crippen LogP contribution in [0.1, 0.15) is 26.0 Å².